The molecule has 0 bridgehead atoms. The minimum atomic E-state index is -4.28. The molecule has 1 aliphatic rings. The topological polar surface area (TPSA) is 301 Å². The molecule has 22 heteroatoms. The maximum atomic E-state index is 13.7. The average Bonchev–Trinajstić information content (AvgIpc) is 3.14. The van der Waals surface area contributed by atoms with E-state index in [1.54, 1.807) is 24.3 Å². The molecule has 0 aromatic heterocycles. The quantitative estimate of drug-likeness (QED) is 0.0452. The fourth-order valence-electron chi connectivity index (χ4n) is 5.14. The zero-order valence-electron chi connectivity index (χ0n) is 27.5. The van der Waals surface area contributed by atoms with Crippen LogP contribution >= 0.6 is 0 Å². The fourth-order valence-corrected chi connectivity index (χ4v) is 6.58. The summed E-state index contributed by atoms with van der Waals surface area (Å²) >= 11 is 0. The molecule has 4 aromatic rings. The van der Waals surface area contributed by atoms with Gasteiger partial charge in [-0.05, 0) is 59.6 Å². The Kier molecular flexibility index (Phi) is 11.6. The number of hydrogen-bond donors (Lipinski definition) is 4. The number of rotatable bonds is 14. The van der Waals surface area contributed by atoms with Crippen molar-refractivity contribution in [1.29, 1.82) is 0 Å². The van der Waals surface area contributed by atoms with Crippen LogP contribution in [0, 0.1) is 0 Å². The smallest absolute Gasteiger partial charge is 0.411 e. The maximum absolute atomic E-state index is 13.7. The van der Waals surface area contributed by atoms with Crippen molar-refractivity contribution in [2.45, 2.75) is 9.79 Å². The Morgan fingerprint density at radius 3 is 1.41 bits per heavy atom. The van der Waals surface area contributed by atoms with Crippen LogP contribution in [-0.4, -0.2) is 66.9 Å². The molecular formula is C32H26N10O10S2. The molecule has 0 saturated carbocycles. The highest BCUT2D eigenvalue weighted by Gasteiger charge is 2.33. The number of benzene rings is 4. The van der Waals surface area contributed by atoms with Gasteiger partial charge in [0.25, 0.3) is 20.0 Å². The summed E-state index contributed by atoms with van der Waals surface area (Å²) in [5.41, 5.74) is 18.1. The first-order chi connectivity index (χ1) is 25.8. The molecule has 0 spiro atoms. The van der Waals surface area contributed by atoms with Gasteiger partial charge in [-0.15, -0.1) is 0 Å². The molecule has 0 radical (unpaired) electrons. The highest BCUT2D eigenvalue weighted by atomic mass is 32.2. The second kappa shape index (κ2) is 16.5. The van der Waals surface area contributed by atoms with Gasteiger partial charge >= 0.3 is 12.2 Å². The molecule has 2 amide bonds. The van der Waals surface area contributed by atoms with Crippen molar-refractivity contribution in [2.75, 3.05) is 47.6 Å². The van der Waals surface area contributed by atoms with Crippen LogP contribution in [0.15, 0.2) is 104 Å². The molecule has 1 aliphatic carbocycles. The van der Waals surface area contributed by atoms with Crippen LogP contribution in [-0.2, 0) is 29.5 Å². The van der Waals surface area contributed by atoms with Gasteiger partial charge in [0.15, 0.2) is 11.6 Å². The van der Waals surface area contributed by atoms with Crippen molar-refractivity contribution in [1.82, 2.24) is 0 Å². The summed E-state index contributed by atoms with van der Waals surface area (Å²) in [5, 5.41) is 10.7. The number of ether oxygens (including phenoxy) is 2. The van der Waals surface area contributed by atoms with E-state index in [2.05, 4.69) is 40.1 Å². The van der Waals surface area contributed by atoms with E-state index >= 15 is 0 Å². The summed E-state index contributed by atoms with van der Waals surface area (Å²) in [6.07, 6.45) is -1.86. The Morgan fingerprint density at radius 2 is 1.02 bits per heavy atom. The first-order valence-corrected chi connectivity index (χ1v) is 18.3. The maximum Gasteiger partial charge on any atom is 0.411 e. The van der Waals surface area contributed by atoms with Gasteiger partial charge in [0.1, 0.15) is 13.2 Å². The third-order valence-corrected chi connectivity index (χ3v) is 9.70. The molecule has 5 rings (SSSR count). The molecule has 54 heavy (non-hydrogen) atoms. The number of nitrogens with one attached hydrogen (secondary N) is 4. The number of amides is 2. The first-order valence-electron chi connectivity index (χ1n) is 15.4. The van der Waals surface area contributed by atoms with Crippen molar-refractivity contribution >= 4 is 66.5 Å². The van der Waals surface area contributed by atoms with Crippen LogP contribution in [0.2, 0.25) is 0 Å². The van der Waals surface area contributed by atoms with E-state index in [1.165, 1.54) is 48.5 Å². The Bertz CT molecular complexity index is 2330. The van der Waals surface area contributed by atoms with E-state index in [4.69, 9.17) is 20.5 Å². The van der Waals surface area contributed by atoms with Crippen LogP contribution in [0.5, 0.6) is 0 Å². The highest BCUT2D eigenvalue weighted by Crippen LogP contribution is 2.36. The zero-order chi connectivity index (χ0) is 38.9. The zero-order valence-corrected chi connectivity index (χ0v) is 29.1. The standard InChI is InChI=1S/C32H26N10O10S2/c33-39-41-53(47,48)21-7-3-5-19(17-21)37-31(45)51-15-13-35-25-11-12-26(28-27(25)29(43)23-9-1-2-10-24(23)30(28)44)36-14-16-52-32(46)38-20-6-4-8-22(18-20)54(49,50)42-40-34/h1-12,17-18,35-36H,13-16H2,(H,37,45)(H,38,46). The number of fused-ring (bicyclic) bond motifs is 2. The van der Waals surface area contributed by atoms with E-state index in [1.807, 2.05) is 0 Å². The molecule has 0 saturated heterocycles. The van der Waals surface area contributed by atoms with Crippen LogP contribution in [0.3, 0.4) is 0 Å². The molecule has 4 N–H and O–H groups in total. The summed E-state index contributed by atoms with van der Waals surface area (Å²) in [6, 6.07) is 19.4. The number of carbonyl (C=O) groups is 4. The highest BCUT2D eigenvalue weighted by molar-refractivity contribution is 7.90. The Labute approximate surface area is 305 Å². The summed E-state index contributed by atoms with van der Waals surface area (Å²) < 4.78 is 63.8. The minimum Gasteiger partial charge on any atom is -0.447 e. The van der Waals surface area contributed by atoms with Crippen LogP contribution < -0.4 is 21.3 Å². The SMILES string of the molecule is [N-]=[N+]=NS(=O)(=O)c1cccc(NC(=O)OCCNc2ccc(NCCOC(=O)Nc3cccc(S(=O)(=O)N=[N+]=[N-])c3)c3c2C(=O)c2ccccc2C3=O)c1. The number of anilines is 4. The Hall–Kier alpha value is -7.12. The van der Waals surface area contributed by atoms with Gasteiger partial charge in [-0.1, -0.05) is 36.4 Å². The second-order valence-corrected chi connectivity index (χ2v) is 14.0. The van der Waals surface area contributed by atoms with Crippen molar-refractivity contribution in [2.24, 2.45) is 9.04 Å². The van der Waals surface area contributed by atoms with Crippen molar-refractivity contribution in [3.63, 3.8) is 0 Å². The number of sulfonamides is 2. The summed E-state index contributed by atoms with van der Waals surface area (Å²) in [7, 11) is -8.57. The molecule has 4 aromatic carbocycles. The van der Waals surface area contributed by atoms with Crippen LogP contribution in [0.25, 0.3) is 20.9 Å². The molecule has 0 atom stereocenters. The lowest BCUT2D eigenvalue weighted by Crippen LogP contribution is -2.26. The van der Waals surface area contributed by atoms with Gasteiger partial charge in [-0.25, -0.2) is 26.4 Å². The molecular weight excluding hydrogens is 749 g/mol. The van der Waals surface area contributed by atoms with Gasteiger partial charge in [0.2, 0.25) is 0 Å². The van der Waals surface area contributed by atoms with E-state index in [9.17, 15) is 36.0 Å². The number of ketones is 2. The summed E-state index contributed by atoms with van der Waals surface area (Å²) in [6.45, 7) is -0.457. The summed E-state index contributed by atoms with van der Waals surface area (Å²) in [4.78, 5) is 56.0. The number of hydrogen-bond acceptors (Lipinski definition) is 12. The monoisotopic (exact) mass is 774 g/mol. The molecule has 20 nitrogen and oxygen atoms in total. The molecule has 0 unspecified atom stereocenters. The van der Waals surface area contributed by atoms with Gasteiger partial charge in [-0.2, -0.15) is 0 Å². The van der Waals surface area contributed by atoms with Crippen molar-refractivity contribution in [3.05, 3.63) is 128 Å². The lowest BCUT2D eigenvalue weighted by atomic mass is 9.82. The number of carbonyl (C=O) groups excluding carboxylic acids is 4. The third kappa shape index (κ3) is 8.84. The van der Waals surface area contributed by atoms with Crippen LogP contribution in [0.1, 0.15) is 31.8 Å². The molecule has 276 valence electrons. The normalized spacial score (nSPS) is 11.8. The lowest BCUT2D eigenvalue weighted by molar-refractivity contribution is 0.0980. The predicted octanol–water partition coefficient (Wildman–Crippen LogP) is 5.78. The average molecular weight is 775 g/mol. The van der Waals surface area contributed by atoms with Gasteiger partial charge < -0.3 is 20.1 Å². The second-order valence-electron chi connectivity index (χ2n) is 10.8. The summed E-state index contributed by atoms with van der Waals surface area (Å²) in [5.74, 6) is -0.887. The minimum absolute atomic E-state index is 0.00954. The van der Waals surface area contributed by atoms with Gasteiger partial charge in [-0.3, -0.25) is 20.2 Å². The van der Waals surface area contributed by atoms with E-state index in [0.29, 0.717) is 0 Å². The molecule has 0 fully saturated rings. The predicted molar refractivity (Wildman–Crippen MR) is 192 cm³/mol. The third-order valence-electron chi connectivity index (χ3n) is 7.42. The molecule has 0 heterocycles. The largest absolute Gasteiger partial charge is 0.447 e. The lowest BCUT2D eigenvalue weighted by Gasteiger charge is -2.24. The van der Waals surface area contributed by atoms with Crippen molar-refractivity contribution in [3.8, 4) is 0 Å². The Morgan fingerprint density at radius 1 is 0.611 bits per heavy atom. The van der Waals surface area contributed by atoms with Gasteiger partial charge in [0, 0.05) is 65.8 Å². The van der Waals surface area contributed by atoms with E-state index in [0.717, 1.165) is 12.1 Å². The number of nitrogens with zero attached hydrogens (tertiary/aromatic N) is 6. The number of azide groups is 2. The molecule has 0 aliphatic heterocycles. The van der Waals surface area contributed by atoms with E-state index < -0.39 is 43.8 Å². The van der Waals surface area contributed by atoms with Crippen molar-refractivity contribution < 1.29 is 45.5 Å². The first kappa shape index (κ1) is 38.1. The van der Waals surface area contributed by atoms with Gasteiger partial charge in [0.05, 0.1) is 20.9 Å². The van der Waals surface area contributed by atoms with E-state index in [-0.39, 0.29) is 81.1 Å². The van der Waals surface area contributed by atoms with Crippen LogP contribution in [0.4, 0.5) is 32.3 Å². The fraction of sp³-hybridized carbons (Fsp3) is 0.125. The Balaban J connectivity index is 1.22.